The van der Waals surface area contributed by atoms with Crippen LogP contribution in [0, 0.1) is 11.8 Å². The van der Waals surface area contributed by atoms with Crippen molar-refractivity contribution in [3.8, 4) is 0 Å². The van der Waals surface area contributed by atoms with Crippen LogP contribution in [0.15, 0.2) is 24.3 Å². The number of likely N-dealkylation sites (tertiary alicyclic amines) is 1. The summed E-state index contributed by atoms with van der Waals surface area (Å²) in [5.41, 5.74) is 2.67. The number of urea groups is 1. The Morgan fingerprint density at radius 2 is 1.70 bits per heavy atom. The number of nitrogens with one attached hydrogen (secondary N) is 1. The third-order valence-electron chi connectivity index (χ3n) is 7.87. The van der Waals surface area contributed by atoms with Crippen LogP contribution in [-0.2, 0) is 17.8 Å². The first kappa shape index (κ1) is 19.9. The summed E-state index contributed by atoms with van der Waals surface area (Å²) < 4.78 is 0. The van der Waals surface area contributed by atoms with E-state index in [1.54, 1.807) is 0 Å². The van der Waals surface area contributed by atoms with Gasteiger partial charge in [-0.1, -0.05) is 31.2 Å². The second-order valence-electron chi connectivity index (χ2n) is 9.85. The van der Waals surface area contributed by atoms with Crippen LogP contribution in [0.3, 0.4) is 0 Å². The number of hydrogen-bond donors (Lipinski definition) is 1. The van der Waals surface area contributed by atoms with Crippen molar-refractivity contribution >= 4 is 11.9 Å². The topological polar surface area (TPSA) is 55.9 Å². The highest BCUT2D eigenvalue weighted by molar-refractivity contribution is 5.83. The summed E-state index contributed by atoms with van der Waals surface area (Å²) in [6.07, 6.45) is 2.97. The zero-order chi connectivity index (χ0) is 21.0. The van der Waals surface area contributed by atoms with Crippen LogP contribution >= 0.6 is 0 Å². The Bertz CT molecular complexity index is 820. The molecule has 4 aliphatic heterocycles. The first-order valence-corrected chi connectivity index (χ1v) is 11.7. The monoisotopic (exact) mass is 410 g/mol. The van der Waals surface area contributed by atoms with Crippen molar-refractivity contribution in [1.82, 2.24) is 20.0 Å². The Labute approximate surface area is 179 Å². The zero-order valence-electron chi connectivity index (χ0n) is 18.4. The van der Waals surface area contributed by atoms with Crippen molar-refractivity contribution < 1.29 is 9.59 Å². The van der Waals surface area contributed by atoms with Crippen LogP contribution in [0.25, 0.3) is 0 Å². The second kappa shape index (κ2) is 7.56. The average molecular weight is 411 g/mol. The molecule has 0 aromatic heterocycles. The number of amides is 3. The maximum absolute atomic E-state index is 13.6. The highest BCUT2D eigenvalue weighted by Gasteiger charge is 2.59. The fourth-order valence-corrected chi connectivity index (χ4v) is 6.54. The lowest BCUT2D eigenvalue weighted by Crippen LogP contribution is -2.52. The van der Waals surface area contributed by atoms with Crippen molar-refractivity contribution in [1.29, 1.82) is 0 Å². The van der Waals surface area contributed by atoms with Gasteiger partial charge in [-0.3, -0.25) is 9.69 Å². The molecular weight excluding hydrogens is 376 g/mol. The SMILES string of the molecule is CCN1Cc2ccccc2CC1C(=O)N1C[C@@H]2[C@H](C1)[C@@H]1CC[C@H]2N1C(=O)NC(C)C. The second-order valence-corrected chi connectivity index (χ2v) is 9.85. The molecular formula is C24H34N4O2. The molecule has 5 atom stereocenters. The fraction of sp³-hybridized carbons (Fsp3) is 0.667. The van der Waals surface area contributed by atoms with Gasteiger partial charge in [0.2, 0.25) is 5.91 Å². The number of hydrogen-bond acceptors (Lipinski definition) is 3. The summed E-state index contributed by atoms with van der Waals surface area (Å²) >= 11 is 0. The Balaban J connectivity index is 1.29. The summed E-state index contributed by atoms with van der Waals surface area (Å²) in [5.74, 6) is 1.17. The minimum absolute atomic E-state index is 0.0540. The average Bonchev–Trinajstić information content (AvgIpc) is 3.42. The van der Waals surface area contributed by atoms with Gasteiger partial charge < -0.3 is 15.1 Å². The first-order valence-electron chi connectivity index (χ1n) is 11.7. The molecule has 6 nitrogen and oxygen atoms in total. The lowest BCUT2D eigenvalue weighted by molar-refractivity contribution is -0.137. The Morgan fingerprint density at radius 3 is 2.30 bits per heavy atom. The molecule has 3 saturated heterocycles. The van der Waals surface area contributed by atoms with Crippen molar-refractivity contribution in [3.63, 3.8) is 0 Å². The fourth-order valence-electron chi connectivity index (χ4n) is 6.54. The van der Waals surface area contributed by atoms with Crippen LogP contribution in [0.1, 0.15) is 44.7 Å². The molecule has 0 aliphatic carbocycles. The van der Waals surface area contributed by atoms with E-state index in [1.807, 2.05) is 13.8 Å². The maximum Gasteiger partial charge on any atom is 0.318 e. The number of benzene rings is 1. The van der Waals surface area contributed by atoms with Gasteiger partial charge in [0, 0.05) is 49.6 Å². The van der Waals surface area contributed by atoms with Crippen LogP contribution in [0.2, 0.25) is 0 Å². The predicted molar refractivity (Wildman–Crippen MR) is 116 cm³/mol. The minimum atomic E-state index is -0.0540. The van der Waals surface area contributed by atoms with Gasteiger partial charge in [0.05, 0.1) is 6.04 Å². The molecule has 30 heavy (non-hydrogen) atoms. The van der Waals surface area contributed by atoms with Crippen LogP contribution < -0.4 is 5.32 Å². The normalized spacial score (nSPS) is 32.5. The summed E-state index contributed by atoms with van der Waals surface area (Å²) in [6.45, 7) is 9.55. The molecule has 162 valence electrons. The van der Waals surface area contributed by atoms with E-state index in [1.165, 1.54) is 11.1 Å². The standard InChI is InChI=1S/C24H34N4O2/c1-4-26-12-17-8-6-5-7-16(17)11-22(26)23(29)27-13-18-19(14-27)21-10-9-20(18)28(21)24(30)25-15(2)3/h5-8,15,18-22H,4,9-14H2,1-3H3,(H,25,30)/t18-,19+,20-,21+,22?. The molecule has 1 unspecified atom stereocenters. The molecule has 1 aromatic rings. The highest BCUT2D eigenvalue weighted by atomic mass is 16.2. The maximum atomic E-state index is 13.6. The van der Waals surface area contributed by atoms with Crippen LogP contribution in [-0.4, -0.2) is 70.4 Å². The van der Waals surface area contributed by atoms with Crippen molar-refractivity contribution in [2.24, 2.45) is 11.8 Å². The molecule has 4 aliphatic rings. The number of likely N-dealkylation sites (N-methyl/N-ethyl adjacent to an activating group) is 1. The molecule has 1 N–H and O–H groups in total. The third kappa shape index (κ3) is 3.11. The van der Waals surface area contributed by atoms with Crippen LogP contribution in [0.5, 0.6) is 0 Å². The summed E-state index contributed by atoms with van der Waals surface area (Å²) in [5, 5.41) is 3.08. The van der Waals surface area contributed by atoms with Gasteiger partial charge in [0.15, 0.2) is 0 Å². The van der Waals surface area contributed by atoms with E-state index >= 15 is 0 Å². The molecule has 3 amide bonds. The Hall–Kier alpha value is -2.08. The van der Waals surface area contributed by atoms with E-state index in [0.29, 0.717) is 29.8 Å². The van der Waals surface area contributed by atoms with Gasteiger partial charge in [-0.05, 0) is 50.8 Å². The van der Waals surface area contributed by atoms with E-state index in [2.05, 4.69) is 51.2 Å². The minimum Gasteiger partial charge on any atom is -0.341 e. The van der Waals surface area contributed by atoms with Gasteiger partial charge >= 0.3 is 6.03 Å². The number of rotatable bonds is 3. The van der Waals surface area contributed by atoms with Gasteiger partial charge in [0.25, 0.3) is 0 Å². The van der Waals surface area contributed by atoms with E-state index in [0.717, 1.165) is 45.4 Å². The molecule has 4 heterocycles. The van der Waals surface area contributed by atoms with E-state index in [9.17, 15) is 9.59 Å². The van der Waals surface area contributed by atoms with Gasteiger partial charge in [-0.15, -0.1) is 0 Å². The van der Waals surface area contributed by atoms with E-state index in [4.69, 9.17) is 0 Å². The molecule has 0 spiro atoms. The molecule has 6 heteroatoms. The molecule has 3 fully saturated rings. The van der Waals surface area contributed by atoms with E-state index in [-0.39, 0.29) is 18.1 Å². The van der Waals surface area contributed by atoms with Crippen LogP contribution in [0.4, 0.5) is 4.79 Å². The predicted octanol–water partition coefficient (Wildman–Crippen LogP) is 2.47. The van der Waals surface area contributed by atoms with Gasteiger partial charge in [-0.2, -0.15) is 0 Å². The third-order valence-corrected chi connectivity index (χ3v) is 7.87. The number of carbonyl (C=O) groups is 2. The Morgan fingerprint density at radius 1 is 1.07 bits per heavy atom. The molecule has 0 radical (unpaired) electrons. The van der Waals surface area contributed by atoms with E-state index < -0.39 is 0 Å². The number of nitrogens with zero attached hydrogens (tertiary/aromatic N) is 3. The number of carbonyl (C=O) groups excluding carboxylic acids is 2. The Kier molecular flexibility index (Phi) is 5.00. The zero-order valence-corrected chi connectivity index (χ0v) is 18.4. The molecule has 0 saturated carbocycles. The van der Waals surface area contributed by atoms with Crippen molar-refractivity contribution in [2.75, 3.05) is 19.6 Å². The largest absolute Gasteiger partial charge is 0.341 e. The van der Waals surface area contributed by atoms with Gasteiger partial charge in [-0.25, -0.2) is 4.79 Å². The van der Waals surface area contributed by atoms with Gasteiger partial charge in [0.1, 0.15) is 0 Å². The molecule has 1 aromatic carbocycles. The quantitative estimate of drug-likeness (QED) is 0.833. The smallest absolute Gasteiger partial charge is 0.318 e. The lowest BCUT2D eigenvalue weighted by Gasteiger charge is -2.37. The summed E-state index contributed by atoms with van der Waals surface area (Å²) in [4.78, 5) is 32.9. The molecule has 2 bridgehead atoms. The van der Waals surface area contributed by atoms with Crippen molar-refractivity contribution in [2.45, 2.75) is 70.7 Å². The van der Waals surface area contributed by atoms with Crippen molar-refractivity contribution in [3.05, 3.63) is 35.4 Å². The summed E-state index contributed by atoms with van der Waals surface area (Å²) in [7, 11) is 0. The molecule has 5 rings (SSSR count). The first-order chi connectivity index (χ1) is 14.5. The highest BCUT2D eigenvalue weighted by Crippen LogP contribution is 2.49. The summed E-state index contributed by atoms with van der Waals surface area (Å²) in [6, 6.07) is 9.32. The number of fused-ring (bicyclic) bond motifs is 6. The lowest BCUT2D eigenvalue weighted by atomic mass is 9.82.